The number of benzene rings is 1. The first-order valence-electron chi connectivity index (χ1n) is 7.06. The minimum absolute atomic E-state index is 0.0600. The van der Waals surface area contributed by atoms with Gasteiger partial charge in [0.15, 0.2) is 0 Å². The highest BCUT2D eigenvalue weighted by atomic mass is 19.4. The molecule has 1 atom stereocenters. The van der Waals surface area contributed by atoms with Crippen LogP contribution in [0.15, 0.2) is 36.7 Å². The SMILES string of the molecule is Fc1ccc([C@H]2CN(c3ncc(C(F)(F)F)cn3)CCN2)cc1. The summed E-state index contributed by atoms with van der Waals surface area (Å²) in [5.74, 6) is -0.0564. The summed E-state index contributed by atoms with van der Waals surface area (Å²) in [6.45, 7) is 1.71. The lowest BCUT2D eigenvalue weighted by Crippen LogP contribution is -2.46. The van der Waals surface area contributed by atoms with Crippen molar-refractivity contribution >= 4 is 5.95 Å². The second-order valence-electron chi connectivity index (χ2n) is 5.27. The molecule has 0 bridgehead atoms. The van der Waals surface area contributed by atoms with Gasteiger partial charge in [-0.25, -0.2) is 14.4 Å². The van der Waals surface area contributed by atoms with Crippen LogP contribution in [-0.2, 0) is 6.18 Å². The molecule has 0 radical (unpaired) electrons. The zero-order valence-electron chi connectivity index (χ0n) is 12.0. The highest BCUT2D eigenvalue weighted by Crippen LogP contribution is 2.28. The van der Waals surface area contributed by atoms with E-state index >= 15 is 0 Å². The fourth-order valence-electron chi connectivity index (χ4n) is 2.48. The molecule has 0 saturated carbocycles. The number of halogens is 4. The van der Waals surface area contributed by atoms with E-state index in [2.05, 4.69) is 15.3 Å². The van der Waals surface area contributed by atoms with Gasteiger partial charge in [-0.3, -0.25) is 0 Å². The molecule has 0 spiro atoms. The molecule has 23 heavy (non-hydrogen) atoms. The van der Waals surface area contributed by atoms with E-state index in [9.17, 15) is 17.6 Å². The lowest BCUT2D eigenvalue weighted by molar-refractivity contribution is -0.138. The number of nitrogens with zero attached hydrogens (tertiary/aromatic N) is 3. The number of alkyl halides is 3. The van der Waals surface area contributed by atoms with Crippen LogP contribution in [0.2, 0.25) is 0 Å². The first kappa shape index (κ1) is 15.7. The van der Waals surface area contributed by atoms with Gasteiger partial charge in [0.05, 0.1) is 5.56 Å². The molecule has 1 fully saturated rings. The van der Waals surface area contributed by atoms with Crippen molar-refractivity contribution < 1.29 is 17.6 Å². The summed E-state index contributed by atoms with van der Waals surface area (Å²) in [6, 6.07) is 6.07. The fourth-order valence-corrected chi connectivity index (χ4v) is 2.48. The zero-order chi connectivity index (χ0) is 16.4. The van der Waals surface area contributed by atoms with Crippen LogP contribution in [0.3, 0.4) is 0 Å². The van der Waals surface area contributed by atoms with Crippen LogP contribution in [0, 0.1) is 5.82 Å². The Bertz CT molecular complexity index is 655. The predicted molar refractivity (Wildman–Crippen MR) is 76.4 cm³/mol. The van der Waals surface area contributed by atoms with Gasteiger partial charge in [0.2, 0.25) is 5.95 Å². The summed E-state index contributed by atoms with van der Waals surface area (Å²) in [7, 11) is 0. The second kappa shape index (κ2) is 6.11. The van der Waals surface area contributed by atoms with E-state index in [-0.39, 0.29) is 17.8 Å². The number of hydrogen-bond donors (Lipinski definition) is 1. The van der Waals surface area contributed by atoms with E-state index in [4.69, 9.17) is 0 Å². The quantitative estimate of drug-likeness (QED) is 0.862. The molecule has 122 valence electrons. The van der Waals surface area contributed by atoms with E-state index in [1.165, 1.54) is 12.1 Å². The molecular formula is C15H14F4N4. The first-order chi connectivity index (χ1) is 10.9. The van der Waals surface area contributed by atoms with Crippen molar-refractivity contribution in [3.63, 3.8) is 0 Å². The molecule has 8 heteroatoms. The topological polar surface area (TPSA) is 41.1 Å². The smallest absolute Gasteiger partial charge is 0.338 e. The third kappa shape index (κ3) is 3.58. The molecule has 2 aromatic rings. The Hall–Kier alpha value is -2.22. The third-order valence-corrected chi connectivity index (χ3v) is 3.70. The monoisotopic (exact) mass is 326 g/mol. The molecule has 2 heterocycles. The van der Waals surface area contributed by atoms with Crippen LogP contribution in [0.1, 0.15) is 17.2 Å². The van der Waals surface area contributed by atoms with Gasteiger partial charge in [0, 0.05) is 38.1 Å². The predicted octanol–water partition coefficient (Wildman–Crippen LogP) is 2.79. The Kier molecular flexibility index (Phi) is 4.16. The Labute approximate surface area is 130 Å². The highest BCUT2D eigenvalue weighted by Gasteiger charge is 2.32. The van der Waals surface area contributed by atoms with E-state index < -0.39 is 11.7 Å². The fraction of sp³-hybridized carbons (Fsp3) is 0.333. The van der Waals surface area contributed by atoms with Crippen LogP contribution in [-0.4, -0.2) is 29.6 Å². The molecule has 1 aromatic carbocycles. The summed E-state index contributed by atoms with van der Waals surface area (Å²) in [5, 5.41) is 3.29. The summed E-state index contributed by atoms with van der Waals surface area (Å²) in [6.07, 6.45) is -2.87. The maximum Gasteiger partial charge on any atom is 0.419 e. The van der Waals surface area contributed by atoms with Gasteiger partial charge in [0.25, 0.3) is 0 Å². The Morgan fingerprint density at radius 2 is 1.74 bits per heavy atom. The summed E-state index contributed by atoms with van der Waals surface area (Å²) < 4.78 is 50.6. The third-order valence-electron chi connectivity index (χ3n) is 3.70. The van der Waals surface area contributed by atoms with Gasteiger partial charge in [0.1, 0.15) is 5.82 Å². The van der Waals surface area contributed by atoms with Gasteiger partial charge in [-0.1, -0.05) is 12.1 Å². The molecule has 3 rings (SSSR count). The van der Waals surface area contributed by atoms with Gasteiger partial charge >= 0.3 is 6.18 Å². The lowest BCUT2D eigenvalue weighted by atomic mass is 10.0. The molecule has 4 nitrogen and oxygen atoms in total. The normalized spacial score (nSPS) is 19.0. The number of anilines is 1. The van der Waals surface area contributed by atoms with Crippen LogP contribution >= 0.6 is 0 Å². The lowest BCUT2D eigenvalue weighted by Gasteiger charge is -2.34. The maximum absolute atomic E-state index is 13.0. The van der Waals surface area contributed by atoms with Crippen molar-refractivity contribution in [2.24, 2.45) is 0 Å². The summed E-state index contributed by atoms with van der Waals surface area (Å²) in [4.78, 5) is 9.45. The molecule has 1 aliphatic heterocycles. The first-order valence-corrected chi connectivity index (χ1v) is 7.06. The van der Waals surface area contributed by atoms with Crippen LogP contribution in [0.5, 0.6) is 0 Å². The Morgan fingerprint density at radius 3 is 2.35 bits per heavy atom. The number of rotatable bonds is 2. The van der Waals surface area contributed by atoms with Crippen LogP contribution in [0.25, 0.3) is 0 Å². The van der Waals surface area contributed by atoms with E-state index in [0.29, 0.717) is 19.6 Å². The summed E-state index contributed by atoms with van der Waals surface area (Å²) in [5.41, 5.74) is 0.0366. The number of nitrogens with one attached hydrogen (secondary N) is 1. The molecular weight excluding hydrogens is 312 g/mol. The van der Waals surface area contributed by atoms with Crippen molar-refractivity contribution in [1.29, 1.82) is 0 Å². The highest BCUT2D eigenvalue weighted by molar-refractivity contribution is 5.34. The molecule has 0 aliphatic carbocycles. The average molecular weight is 326 g/mol. The number of aromatic nitrogens is 2. The van der Waals surface area contributed by atoms with E-state index in [0.717, 1.165) is 18.0 Å². The maximum atomic E-state index is 13.0. The number of hydrogen-bond acceptors (Lipinski definition) is 4. The molecule has 1 aromatic heterocycles. The van der Waals surface area contributed by atoms with Crippen molar-refractivity contribution in [2.45, 2.75) is 12.2 Å². The molecule has 1 aliphatic rings. The minimum Gasteiger partial charge on any atom is -0.338 e. The van der Waals surface area contributed by atoms with Gasteiger partial charge < -0.3 is 10.2 Å². The van der Waals surface area contributed by atoms with E-state index in [1.54, 1.807) is 12.1 Å². The van der Waals surface area contributed by atoms with Gasteiger partial charge in [-0.15, -0.1) is 0 Å². The molecule has 0 amide bonds. The van der Waals surface area contributed by atoms with Gasteiger partial charge in [-0.2, -0.15) is 13.2 Å². The Morgan fingerprint density at radius 1 is 1.09 bits per heavy atom. The largest absolute Gasteiger partial charge is 0.419 e. The standard InChI is InChI=1S/C15H14F4N4/c16-12-3-1-10(2-4-12)13-9-23(6-5-20-13)14-21-7-11(8-22-14)15(17,18)19/h1-4,7-8,13,20H,5-6,9H2/t13-/m1/s1. The van der Waals surface area contributed by atoms with Crippen molar-refractivity contribution in [1.82, 2.24) is 15.3 Å². The average Bonchev–Trinajstić information content (AvgIpc) is 2.55. The van der Waals surface area contributed by atoms with Crippen molar-refractivity contribution in [3.8, 4) is 0 Å². The molecule has 0 unspecified atom stereocenters. The Balaban J connectivity index is 1.74. The van der Waals surface area contributed by atoms with Crippen molar-refractivity contribution in [3.05, 3.63) is 53.6 Å². The van der Waals surface area contributed by atoms with E-state index in [1.807, 2.05) is 4.90 Å². The van der Waals surface area contributed by atoms with Crippen LogP contribution in [0.4, 0.5) is 23.5 Å². The summed E-state index contributed by atoms with van der Waals surface area (Å²) >= 11 is 0. The van der Waals surface area contributed by atoms with Crippen molar-refractivity contribution in [2.75, 3.05) is 24.5 Å². The minimum atomic E-state index is -4.45. The molecule has 1 N–H and O–H groups in total. The molecule has 1 saturated heterocycles. The zero-order valence-corrected chi connectivity index (χ0v) is 12.0. The second-order valence-corrected chi connectivity index (χ2v) is 5.27. The van der Waals surface area contributed by atoms with Crippen LogP contribution < -0.4 is 10.2 Å². The van der Waals surface area contributed by atoms with Gasteiger partial charge in [-0.05, 0) is 17.7 Å². The number of piperazine rings is 1.